The molecule has 0 radical (unpaired) electrons. The van der Waals surface area contributed by atoms with Crippen LogP contribution < -0.4 is 4.90 Å². The van der Waals surface area contributed by atoms with Crippen LogP contribution in [0.5, 0.6) is 0 Å². The number of carbonyl (C=O) groups is 2. The van der Waals surface area contributed by atoms with Crippen molar-refractivity contribution < 1.29 is 14.3 Å². The Kier molecular flexibility index (Phi) is 2.97. The van der Waals surface area contributed by atoms with E-state index in [9.17, 15) is 9.59 Å². The summed E-state index contributed by atoms with van der Waals surface area (Å²) in [6.45, 7) is 4.42. The van der Waals surface area contributed by atoms with Gasteiger partial charge in [-0.3, -0.25) is 4.79 Å². The molecule has 1 aromatic heterocycles. The number of ether oxygens (including phenoxy) is 1. The average molecular weight is 272 g/mol. The minimum absolute atomic E-state index is 0.0456. The first-order valence-corrected chi connectivity index (χ1v) is 6.71. The molecule has 1 amide bonds. The Morgan fingerprint density at radius 2 is 2.15 bits per heavy atom. The Bertz CT molecular complexity index is 702. The standard InChI is InChI=1S/C15H16N2O3/c1-3-20-15(19)13-7-11-8-14-10(6-12(11)16-13)4-5-17(14)9(2)18/h6-8,16H,3-5H2,1-2H3. The predicted octanol–water partition coefficient (Wildman–Crippen LogP) is 2.25. The molecule has 2 heterocycles. The highest BCUT2D eigenvalue weighted by Crippen LogP contribution is 2.32. The number of amides is 1. The maximum Gasteiger partial charge on any atom is 0.354 e. The predicted molar refractivity (Wildman–Crippen MR) is 76.0 cm³/mol. The molecule has 1 N–H and O–H groups in total. The minimum atomic E-state index is -0.354. The van der Waals surface area contributed by atoms with Gasteiger partial charge in [-0.05, 0) is 37.1 Å². The molecule has 0 aliphatic carbocycles. The summed E-state index contributed by atoms with van der Waals surface area (Å²) in [6, 6.07) is 5.73. The van der Waals surface area contributed by atoms with Crippen molar-refractivity contribution in [2.24, 2.45) is 0 Å². The molecule has 0 saturated carbocycles. The van der Waals surface area contributed by atoms with Gasteiger partial charge in [0.2, 0.25) is 5.91 Å². The molecule has 5 nitrogen and oxygen atoms in total. The van der Waals surface area contributed by atoms with E-state index in [0.717, 1.165) is 35.1 Å². The molecule has 2 aromatic rings. The van der Waals surface area contributed by atoms with Crippen LogP contribution in [0.1, 0.15) is 29.9 Å². The van der Waals surface area contributed by atoms with Gasteiger partial charge in [-0.25, -0.2) is 4.79 Å². The Hall–Kier alpha value is -2.30. The number of rotatable bonds is 2. The van der Waals surface area contributed by atoms with Crippen LogP contribution in [-0.2, 0) is 16.0 Å². The van der Waals surface area contributed by atoms with Crippen LogP contribution in [0.3, 0.4) is 0 Å². The topological polar surface area (TPSA) is 62.4 Å². The number of anilines is 1. The van der Waals surface area contributed by atoms with Gasteiger partial charge in [-0.1, -0.05) is 0 Å². The molecule has 1 aliphatic heterocycles. The summed E-state index contributed by atoms with van der Waals surface area (Å²) < 4.78 is 4.98. The third kappa shape index (κ3) is 1.95. The van der Waals surface area contributed by atoms with Gasteiger partial charge in [-0.2, -0.15) is 0 Å². The zero-order valence-electron chi connectivity index (χ0n) is 11.5. The maximum atomic E-state index is 11.7. The highest BCUT2D eigenvalue weighted by atomic mass is 16.5. The smallest absolute Gasteiger partial charge is 0.354 e. The quantitative estimate of drug-likeness (QED) is 0.853. The summed E-state index contributed by atoms with van der Waals surface area (Å²) in [4.78, 5) is 28.2. The highest BCUT2D eigenvalue weighted by Gasteiger charge is 2.23. The summed E-state index contributed by atoms with van der Waals surface area (Å²) in [6.07, 6.45) is 0.846. The molecule has 3 rings (SSSR count). The summed E-state index contributed by atoms with van der Waals surface area (Å²) in [5.74, 6) is -0.309. The second-order valence-corrected chi connectivity index (χ2v) is 4.89. The molecule has 0 atom stereocenters. The Labute approximate surface area is 116 Å². The van der Waals surface area contributed by atoms with Crippen LogP contribution in [-0.4, -0.2) is 30.0 Å². The van der Waals surface area contributed by atoms with Gasteiger partial charge in [0.15, 0.2) is 0 Å². The van der Waals surface area contributed by atoms with Crippen molar-refractivity contribution in [1.29, 1.82) is 0 Å². The SMILES string of the molecule is CCOC(=O)c1cc2cc3c(cc2[nH]1)CCN3C(C)=O. The van der Waals surface area contributed by atoms with E-state index in [2.05, 4.69) is 4.98 Å². The van der Waals surface area contributed by atoms with Crippen LogP contribution in [0, 0.1) is 0 Å². The third-order valence-electron chi connectivity index (χ3n) is 3.59. The van der Waals surface area contributed by atoms with Crippen molar-refractivity contribution in [3.63, 3.8) is 0 Å². The number of hydrogen-bond acceptors (Lipinski definition) is 3. The number of hydrogen-bond donors (Lipinski definition) is 1. The normalized spacial score (nSPS) is 13.6. The van der Waals surface area contributed by atoms with Gasteiger partial charge in [0.1, 0.15) is 5.69 Å². The van der Waals surface area contributed by atoms with E-state index in [4.69, 9.17) is 4.74 Å². The van der Waals surface area contributed by atoms with Crippen LogP contribution in [0.25, 0.3) is 10.9 Å². The fourth-order valence-corrected chi connectivity index (χ4v) is 2.66. The van der Waals surface area contributed by atoms with Crippen LogP contribution in [0.15, 0.2) is 18.2 Å². The van der Waals surface area contributed by atoms with Crippen LogP contribution in [0.2, 0.25) is 0 Å². The molecule has 0 unspecified atom stereocenters. The van der Waals surface area contributed by atoms with E-state index in [1.54, 1.807) is 24.8 Å². The molecule has 0 saturated heterocycles. The number of fused-ring (bicyclic) bond motifs is 2. The second kappa shape index (κ2) is 4.67. The summed E-state index contributed by atoms with van der Waals surface area (Å²) in [7, 11) is 0. The van der Waals surface area contributed by atoms with Gasteiger partial charge in [0.25, 0.3) is 0 Å². The summed E-state index contributed by atoms with van der Waals surface area (Å²) in [5.41, 5.74) is 3.42. The van der Waals surface area contributed by atoms with Gasteiger partial charge >= 0.3 is 5.97 Å². The molecule has 20 heavy (non-hydrogen) atoms. The zero-order valence-corrected chi connectivity index (χ0v) is 11.5. The largest absolute Gasteiger partial charge is 0.461 e. The lowest BCUT2D eigenvalue weighted by Crippen LogP contribution is -2.25. The number of nitrogens with zero attached hydrogens (tertiary/aromatic N) is 1. The number of aromatic nitrogens is 1. The first-order chi connectivity index (χ1) is 9.60. The number of aromatic amines is 1. The molecule has 0 bridgehead atoms. The molecule has 0 fully saturated rings. The lowest BCUT2D eigenvalue weighted by Gasteiger charge is -2.14. The van der Waals surface area contributed by atoms with Crippen molar-refractivity contribution in [3.05, 3.63) is 29.5 Å². The van der Waals surface area contributed by atoms with E-state index >= 15 is 0 Å². The number of nitrogens with one attached hydrogen (secondary N) is 1. The number of esters is 1. The molecular formula is C15H16N2O3. The van der Waals surface area contributed by atoms with Crippen molar-refractivity contribution in [1.82, 2.24) is 4.98 Å². The monoisotopic (exact) mass is 272 g/mol. The fraction of sp³-hybridized carbons (Fsp3) is 0.333. The second-order valence-electron chi connectivity index (χ2n) is 4.89. The Morgan fingerprint density at radius 3 is 2.85 bits per heavy atom. The lowest BCUT2D eigenvalue weighted by atomic mass is 10.1. The van der Waals surface area contributed by atoms with Crippen molar-refractivity contribution >= 4 is 28.5 Å². The number of carbonyl (C=O) groups excluding carboxylic acids is 2. The minimum Gasteiger partial charge on any atom is -0.461 e. The first-order valence-electron chi connectivity index (χ1n) is 6.71. The average Bonchev–Trinajstić information content (AvgIpc) is 2.98. The van der Waals surface area contributed by atoms with E-state index in [-0.39, 0.29) is 11.9 Å². The Balaban J connectivity index is 2.05. The van der Waals surface area contributed by atoms with Gasteiger partial charge in [-0.15, -0.1) is 0 Å². The molecular weight excluding hydrogens is 256 g/mol. The third-order valence-corrected chi connectivity index (χ3v) is 3.59. The molecule has 0 spiro atoms. The van der Waals surface area contributed by atoms with Gasteiger partial charge in [0, 0.05) is 30.1 Å². The van der Waals surface area contributed by atoms with Crippen molar-refractivity contribution in [3.8, 4) is 0 Å². The number of benzene rings is 1. The van der Waals surface area contributed by atoms with Gasteiger partial charge in [0.05, 0.1) is 6.61 Å². The summed E-state index contributed by atoms with van der Waals surface area (Å²) >= 11 is 0. The first kappa shape index (κ1) is 12.7. The summed E-state index contributed by atoms with van der Waals surface area (Å²) in [5, 5.41) is 0.917. The highest BCUT2D eigenvalue weighted by molar-refractivity contribution is 6.00. The van der Waals surface area contributed by atoms with Crippen molar-refractivity contribution in [2.45, 2.75) is 20.3 Å². The van der Waals surface area contributed by atoms with E-state index in [1.807, 2.05) is 12.1 Å². The van der Waals surface area contributed by atoms with E-state index in [0.29, 0.717) is 12.3 Å². The lowest BCUT2D eigenvalue weighted by molar-refractivity contribution is -0.116. The van der Waals surface area contributed by atoms with Gasteiger partial charge < -0.3 is 14.6 Å². The molecule has 1 aliphatic rings. The molecule has 1 aromatic carbocycles. The Morgan fingerprint density at radius 1 is 1.35 bits per heavy atom. The maximum absolute atomic E-state index is 11.7. The molecule has 5 heteroatoms. The number of H-pyrrole nitrogens is 1. The fourth-order valence-electron chi connectivity index (χ4n) is 2.66. The van der Waals surface area contributed by atoms with E-state index in [1.165, 1.54) is 0 Å². The van der Waals surface area contributed by atoms with Crippen LogP contribution >= 0.6 is 0 Å². The van der Waals surface area contributed by atoms with Crippen LogP contribution in [0.4, 0.5) is 5.69 Å². The van der Waals surface area contributed by atoms with E-state index < -0.39 is 0 Å². The zero-order chi connectivity index (χ0) is 14.3. The van der Waals surface area contributed by atoms with Crippen molar-refractivity contribution in [2.75, 3.05) is 18.1 Å². The molecule has 104 valence electrons.